The normalized spacial score (nSPS) is 11.6. The van der Waals surface area contributed by atoms with E-state index in [9.17, 15) is 19.2 Å². The van der Waals surface area contributed by atoms with Gasteiger partial charge in [-0.3, -0.25) is 0 Å². The van der Waals surface area contributed by atoms with Gasteiger partial charge in [-0.05, 0) is 64.2 Å². The second-order valence-electron chi connectivity index (χ2n) is 10.4. The number of hydrogen-bond donors (Lipinski definition) is 4. The minimum absolute atomic E-state index is 0.0911. The molecule has 0 aromatic rings. The Labute approximate surface area is 236 Å². The first kappa shape index (κ1) is 36.5. The van der Waals surface area contributed by atoms with Crippen LogP contribution in [-0.4, -0.2) is 88.6 Å². The van der Waals surface area contributed by atoms with E-state index in [1.165, 1.54) is 0 Å². The molecule has 0 fully saturated rings. The van der Waals surface area contributed by atoms with Gasteiger partial charge in [-0.2, -0.15) is 0 Å². The standard InChI is InChI=1S/C24H48N4O8Si3/c1-9-21(29)33-17-15-27-23(31)25-13-11-19-37(3,4)35-39(7,8)36-38(5,6)20-12-14-26-24(32)28-16-18-34-22(30)10-2/h9-10H,1-2,11-20H2,3-8H3,(H2,25,27,31)(H2,26,28,32). The molecule has 0 rings (SSSR count). The highest BCUT2D eigenvalue weighted by Crippen LogP contribution is 2.25. The Morgan fingerprint density at radius 1 is 0.615 bits per heavy atom. The van der Waals surface area contributed by atoms with Crippen LogP contribution in [0.5, 0.6) is 0 Å². The van der Waals surface area contributed by atoms with Gasteiger partial charge in [-0.25, -0.2) is 19.2 Å². The molecule has 0 heterocycles. The van der Waals surface area contributed by atoms with Crippen molar-refractivity contribution < 1.29 is 36.9 Å². The van der Waals surface area contributed by atoms with E-state index in [0.717, 1.165) is 37.1 Å². The lowest BCUT2D eigenvalue weighted by Gasteiger charge is -2.38. The fourth-order valence-corrected chi connectivity index (χ4v) is 17.8. The second-order valence-corrected chi connectivity index (χ2v) is 22.9. The Kier molecular flexibility index (Phi) is 17.6. The summed E-state index contributed by atoms with van der Waals surface area (Å²) in [5.74, 6) is -1.04. The molecule has 4 amide bonds. The molecule has 12 nitrogen and oxygen atoms in total. The van der Waals surface area contributed by atoms with Crippen molar-refractivity contribution in [3.8, 4) is 0 Å². The molecule has 0 unspecified atom stereocenters. The number of amides is 4. The van der Waals surface area contributed by atoms with Gasteiger partial charge in [0.15, 0.2) is 16.6 Å². The molecule has 0 saturated heterocycles. The van der Waals surface area contributed by atoms with E-state index in [1.54, 1.807) is 0 Å². The number of hydrogen-bond acceptors (Lipinski definition) is 8. The van der Waals surface area contributed by atoms with Gasteiger partial charge in [-0.1, -0.05) is 13.2 Å². The summed E-state index contributed by atoms with van der Waals surface area (Å²) >= 11 is 0. The van der Waals surface area contributed by atoms with E-state index in [1.807, 2.05) is 0 Å². The first-order chi connectivity index (χ1) is 18.1. The van der Waals surface area contributed by atoms with E-state index in [4.69, 9.17) is 17.7 Å². The van der Waals surface area contributed by atoms with Crippen LogP contribution in [0.25, 0.3) is 0 Å². The molecule has 0 aliphatic rings. The summed E-state index contributed by atoms with van der Waals surface area (Å²) in [6, 6.07) is 1.13. The lowest BCUT2D eigenvalue weighted by Crippen LogP contribution is -2.52. The Bertz CT molecular complexity index is 761. The number of ether oxygens (including phenoxy) is 2. The molecule has 0 bridgehead atoms. The van der Waals surface area contributed by atoms with E-state index < -0.39 is 37.1 Å². The summed E-state index contributed by atoms with van der Waals surface area (Å²) in [5.41, 5.74) is 0. The predicted octanol–water partition coefficient (Wildman–Crippen LogP) is 2.97. The average molecular weight is 605 g/mol. The van der Waals surface area contributed by atoms with Crippen molar-refractivity contribution in [2.75, 3.05) is 39.4 Å². The molecule has 0 aromatic carbocycles. The fourth-order valence-electron chi connectivity index (χ4n) is 3.76. The van der Waals surface area contributed by atoms with Crippen LogP contribution in [0.4, 0.5) is 9.59 Å². The van der Waals surface area contributed by atoms with Crippen LogP contribution in [0.2, 0.25) is 51.4 Å². The summed E-state index contributed by atoms with van der Waals surface area (Å²) in [5, 5.41) is 10.9. The largest absolute Gasteiger partial charge is 0.461 e. The molecule has 0 spiro atoms. The zero-order valence-electron chi connectivity index (χ0n) is 24.4. The van der Waals surface area contributed by atoms with E-state index in [2.05, 4.69) is 73.7 Å². The van der Waals surface area contributed by atoms with Gasteiger partial charge >= 0.3 is 32.6 Å². The monoisotopic (exact) mass is 604 g/mol. The third kappa shape index (κ3) is 21.1. The summed E-state index contributed by atoms with van der Waals surface area (Å²) in [7, 11) is -6.42. The number of carbonyl (C=O) groups excluding carboxylic acids is 4. The van der Waals surface area contributed by atoms with Crippen molar-refractivity contribution in [2.45, 2.75) is 64.2 Å². The molecule has 39 heavy (non-hydrogen) atoms. The summed E-state index contributed by atoms with van der Waals surface area (Å²) < 4.78 is 22.8. The first-order valence-corrected chi connectivity index (χ1v) is 22.2. The number of urea groups is 2. The van der Waals surface area contributed by atoms with Gasteiger partial charge < -0.3 is 39.0 Å². The maximum Gasteiger partial charge on any atom is 0.330 e. The summed E-state index contributed by atoms with van der Waals surface area (Å²) in [4.78, 5) is 45.6. The van der Waals surface area contributed by atoms with Crippen LogP contribution >= 0.6 is 0 Å². The molecular formula is C24H48N4O8Si3. The maximum atomic E-state index is 11.8. The summed E-state index contributed by atoms with van der Waals surface area (Å²) in [6.45, 7) is 21.1. The van der Waals surface area contributed by atoms with Gasteiger partial charge in [0.25, 0.3) is 0 Å². The van der Waals surface area contributed by atoms with Gasteiger partial charge in [0, 0.05) is 25.2 Å². The van der Waals surface area contributed by atoms with Crippen LogP contribution < -0.4 is 21.3 Å². The van der Waals surface area contributed by atoms with Gasteiger partial charge in [0.2, 0.25) is 0 Å². The molecule has 4 N–H and O–H groups in total. The van der Waals surface area contributed by atoms with Crippen molar-refractivity contribution in [3.05, 3.63) is 25.3 Å². The van der Waals surface area contributed by atoms with Crippen LogP contribution in [0, 0.1) is 0 Å². The molecule has 0 aliphatic carbocycles. The van der Waals surface area contributed by atoms with Gasteiger partial charge in [0.1, 0.15) is 13.2 Å². The van der Waals surface area contributed by atoms with Crippen molar-refractivity contribution in [1.29, 1.82) is 0 Å². The zero-order chi connectivity index (χ0) is 30.0. The predicted molar refractivity (Wildman–Crippen MR) is 159 cm³/mol. The average Bonchev–Trinajstić information content (AvgIpc) is 2.83. The number of esters is 2. The molecule has 0 aliphatic heterocycles. The Hall–Kier alpha value is -2.47. The Balaban J connectivity index is 4.22. The van der Waals surface area contributed by atoms with E-state index in [-0.39, 0.29) is 38.4 Å². The van der Waals surface area contributed by atoms with Gasteiger partial charge in [0.05, 0.1) is 13.1 Å². The smallest absolute Gasteiger partial charge is 0.330 e. The third-order valence-electron chi connectivity index (χ3n) is 5.12. The molecule has 224 valence electrons. The van der Waals surface area contributed by atoms with Crippen LogP contribution in [-0.2, 0) is 27.3 Å². The van der Waals surface area contributed by atoms with Crippen molar-refractivity contribution in [1.82, 2.24) is 21.3 Å². The highest BCUT2D eigenvalue weighted by atomic mass is 28.5. The van der Waals surface area contributed by atoms with E-state index in [0.29, 0.717) is 13.1 Å². The molecule has 0 radical (unpaired) electrons. The third-order valence-corrected chi connectivity index (χ3v) is 16.6. The minimum Gasteiger partial charge on any atom is -0.461 e. The number of carbonyl (C=O) groups is 4. The van der Waals surface area contributed by atoms with Crippen LogP contribution in [0.1, 0.15) is 12.8 Å². The van der Waals surface area contributed by atoms with Crippen molar-refractivity contribution in [3.63, 3.8) is 0 Å². The Morgan fingerprint density at radius 2 is 0.949 bits per heavy atom. The SMILES string of the molecule is C=CC(=O)OCCNC(=O)NCCC[Si](C)(C)O[Si](C)(C)O[Si](C)(C)CCCNC(=O)NCCOC(=O)C=C. The highest BCUT2D eigenvalue weighted by Gasteiger charge is 2.39. The Morgan fingerprint density at radius 3 is 1.28 bits per heavy atom. The summed E-state index contributed by atoms with van der Waals surface area (Å²) in [6.07, 6.45) is 3.72. The molecule has 0 saturated carbocycles. The number of nitrogens with one attached hydrogen (secondary N) is 4. The fraction of sp³-hybridized carbons (Fsp3) is 0.667. The number of rotatable bonds is 20. The van der Waals surface area contributed by atoms with Gasteiger partial charge in [-0.15, -0.1) is 0 Å². The van der Waals surface area contributed by atoms with Crippen molar-refractivity contribution in [2.24, 2.45) is 0 Å². The molecule has 0 atom stereocenters. The molecule has 15 heteroatoms. The lowest BCUT2D eigenvalue weighted by atomic mass is 10.5. The van der Waals surface area contributed by atoms with Crippen molar-refractivity contribution >= 4 is 49.2 Å². The highest BCUT2D eigenvalue weighted by molar-refractivity contribution is 6.87. The van der Waals surface area contributed by atoms with Crippen LogP contribution in [0.15, 0.2) is 25.3 Å². The van der Waals surface area contributed by atoms with E-state index >= 15 is 0 Å². The quantitative estimate of drug-likeness (QED) is 0.0716. The first-order valence-electron chi connectivity index (χ1n) is 13.1. The maximum absolute atomic E-state index is 11.8. The van der Waals surface area contributed by atoms with Crippen LogP contribution in [0.3, 0.4) is 0 Å². The topological polar surface area (TPSA) is 153 Å². The second kappa shape index (κ2) is 18.8. The lowest BCUT2D eigenvalue weighted by molar-refractivity contribution is -0.138. The molecular weight excluding hydrogens is 557 g/mol. The molecule has 0 aromatic heterocycles. The minimum atomic E-state index is -2.38. The zero-order valence-corrected chi connectivity index (χ0v) is 27.4.